The van der Waals surface area contributed by atoms with Crippen LogP contribution in [0.2, 0.25) is 0 Å². The summed E-state index contributed by atoms with van der Waals surface area (Å²) in [5.74, 6) is 0.305. The zero-order valence-corrected chi connectivity index (χ0v) is 10.9. The summed E-state index contributed by atoms with van der Waals surface area (Å²) in [6, 6.07) is 8.62. The van der Waals surface area contributed by atoms with Crippen molar-refractivity contribution in [3.8, 4) is 10.4 Å². The number of carbonyl (C=O) groups is 1. The van der Waals surface area contributed by atoms with Crippen LogP contribution in [0.15, 0.2) is 30.3 Å². The Morgan fingerprint density at radius 1 is 1.28 bits per heavy atom. The average molecular weight is 260 g/mol. The number of aryl methyl sites for hydroxylation is 1. The van der Waals surface area contributed by atoms with Gasteiger partial charge in [0.05, 0.1) is 4.88 Å². The highest BCUT2D eigenvalue weighted by Gasteiger charge is 2.31. The number of benzene rings is 1. The lowest BCUT2D eigenvalue weighted by Crippen LogP contribution is -1.96. The molecule has 0 N–H and O–H groups in total. The van der Waals surface area contributed by atoms with Crippen LogP contribution in [-0.4, -0.2) is 5.78 Å². The molecule has 0 unspecified atom stereocenters. The second-order valence-electron chi connectivity index (χ2n) is 4.76. The van der Waals surface area contributed by atoms with Gasteiger partial charge in [0.1, 0.15) is 5.82 Å². The van der Waals surface area contributed by atoms with E-state index in [9.17, 15) is 9.18 Å². The van der Waals surface area contributed by atoms with E-state index in [-0.39, 0.29) is 17.5 Å². The van der Waals surface area contributed by atoms with Crippen LogP contribution in [0.5, 0.6) is 0 Å². The molecular weight excluding hydrogens is 247 g/mol. The Hall–Kier alpha value is -1.48. The van der Waals surface area contributed by atoms with Crippen molar-refractivity contribution in [1.29, 1.82) is 0 Å². The second kappa shape index (κ2) is 4.32. The maximum atomic E-state index is 13.1. The van der Waals surface area contributed by atoms with Crippen LogP contribution in [0.4, 0.5) is 4.39 Å². The highest BCUT2D eigenvalue weighted by molar-refractivity contribution is 7.17. The van der Waals surface area contributed by atoms with Crippen molar-refractivity contribution in [2.45, 2.75) is 19.8 Å². The normalized spacial score (nSPS) is 14.8. The van der Waals surface area contributed by atoms with Crippen LogP contribution in [0.1, 0.15) is 28.1 Å². The van der Waals surface area contributed by atoms with Crippen molar-refractivity contribution in [1.82, 2.24) is 0 Å². The average Bonchev–Trinajstić information content (AvgIpc) is 3.07. The molecule has 1 nitrogen and oxygen atoms in total. The minimum Gasteiger partial charge on any atom is -0.293 e. The Morgan fingerprint density at radius 3 is 2.72 bits per heavy atom. The lowest BCUT2D eigenvalue weighted by Gasteiger charge is -2.02. The van der Waals surface area contributed by atoms with E-state index in [1.807, 2.05) is 19.1 Å². The molecule has 0 spiro atoms. The summed E-state index contributed by atoms with van der Waals surface area (Å²) >= 11 is 1.51. The molecule has 0 saturated heterocycles. The fraction of sp³-hybridized carbons (Fsp3) is 0.267. The summed E-state index contributed by atoms with van der Waals surface area (Å²) in [4.78, 5) is 13.8. The van der Waals surface area contributed by atoms with E-state index in [0.717, 1.165) is 33.7 Å². The van der Waals surface area contributed by atoms with Gasteiger partial charge in [0.15, 0.2) is 5.78 Å². The zero-order valence-electron chi connectivity index (χ0n) is 10.1. The molecule has 3 heteroatoms. The van der Waals surface area contributed by atoms with Crippen molar-refractivity contribution >= 4 is 17.1 Å². The van der Waals surface area contributed by atoms with Gasteiger partial charge < -0.3 is 0 Å². The summed E-state index contributed by atoms with van der Waals surface area (Å²) in [5, 5.41) is 0. The third-order valence-corrected chi connectivity index (χ3v) is 4.38. The largest absolute Gasteiger partial charge is 0.293 e. The number of Topliss-reactive ketones (excluding diaryl/α,β-unsaturated/α-hetero) is 1. The number of thiophene rings is 1. The molecular formula is C15H13FOS. The van der Waals surface area contributed by atoms with E-state index in [2.05, 4.69) is 0 Å². The van der Waals surface area contributed by atoms with Gasteiger partial charge in [0.2, 0.25) is 0 Å². The molecule has 1 heterocycles. The molecule has 0 amide bonds. The van der Waals surface area contributed by atoms with E-state index >= 15 is 0 Å². The van der Waals surface area contributed by atoms with Gasteiger partial charge in [-0.05, 0) is 55.2 Å². The first kappa shape index (κ1) is 11.6. The Balaban J connectivity index is 1.94. The lowest BCUT2D eigenvalue weighted by atomic mass is 10.1. The third-order valence-electron chi connectivity index (χ3n) is 3.25. The molecule has 0 radical (unpaired) electrons. The number of hydrogen-bond acceptors (Lipinski definition) is 2. The Bertz CT molecular complexity index is 611. The first-order valence-corrected chi connectivity index (χ1v) is 6.87. The predicted octanol–water partition coefficient (Wildman–Crippen LogP) is 4.46. The van der Waals surface area contributed by atoms with Crippen LogP contribution in [0, 0.1) is 18.7 Å². The van der Waals surface area contributed by atoms with Gasteiger partial charge in [-0.25, -0.2) is 4.39 Å². The summed E-state index contributed by atoms with van der Waals surface area (Å²) in [6.45, 7) is 1.89. The van der Waals surface area contributed by atoms with Crippen LogP contribution < -0.4 is 0 Å². The molecule has 2 aromatic rings. The van der Waals surface area contributed by atoms with Crippen LogP contribution in [0.3, 0.4) is 0 Å². The van der Waals surface area contributed by atoms with Gasteiger partial charge in [0.25, 0.3) is 0 Å². The SMILES string of the molecule is Cc1cc(F)ccc1-c1ccc(C(=O)C2CC2)s1. The highest BCUT2D eigenvalue weighted by atomic mass is 32.1. The topological polar surface area (TPSA) is 17.1 Å². The first-order chi connectivity index (χ1) is 8.65. The summed E-state index contributed by atoms with van der Waals surface area (Å²) in [6.07, 6.45) is 2.06. The molecule has 0 bridgehead atoms. The van der Waals surface area contributed by atoms with E-state index in [1.165, 1.54) is 23.5 Å². The standard InChI is InChI=1S/C15H13FOS/c1-9-8-11(16)4-5-12(9)13-6-7-14(18-13)15(17)10-2-3-10/h4-8,10H,2-3H2,1H3. The van der Waals surface area contributed by atoms with Gasteiger partial charge in [0, 0.05) is 10.8 Å². The lowest BCUT2D eigenvalue weighted by molar-refractivity contribution is 0.0971. The summed E-state index contributed by atoms with van der Waals surface area (Å²) in [7, 11) is 0. The predicted molar refractivity (Wildman–Crippen MR) is 71.5 cm³/mol. The fourth-order valence-corrected chi connectivity index (χ4v) is 3.18. The molecule has 0 aliphatic heterocycles. The molecule has 92 valence electrons. The number of hydrogen-bond donors (Lipinski definition) is 0. The van der Waals surface area contributed by atoms with Gasteiger partial charge >= 0.3 is 0 Å². The number of halogens is 1. The van der Waals surface area contributed by atoms with E-state index in [4.69, 9.17) is 0 Å². The van der Waals surface area contributed by atoms with Gasteiger partial charge in [-0.2, -0.15) is 0 Å². The van der Waals surface area contributed by atoms with Crippen molar-refractivity contribution in [3.05, 3.63) is 46.6 Å². The number of ketones is 1. The van der Waals surface area contributed by atoms with Crippen molar-refractivity contribution in [2.75, 3.05) is 0 Å². The minimum absolute atomic E-state index is 0.220. The molecule has 1 aliphatic rings. The molecule has 1 fully saturated rings. The molecule has 18 heavy (non-hydrogen) atoms. The summed E-state index contributed by atoms with van der Waals surface area (Å²) < 4.78 is 13.1. The minimum atomic E-state index is -0.220. The third kappa shape index (κ3) is 2.10. The molecule has 1 aromatic heterocycles. The highest BCUT2D eigenvalue weighted by Crippen LogP contribution is 2.37. The molecule has 1 saturated carbocycles. The maximum absolute atomic E-state index is 13.1. The molecule has 0 atom stereocenters. The quantitative estimate of drug-likeness (QED) is 0.745. The van der Waals surface area contributed by atoms with Crippen molar-refractivity contribution in [2.24, 2.45) is 5.92 Å². The molecule has 3 rings (SSSR count). The van der Waals surface area contributed by atoms with Gasteiger partial charge in [-0.3, -0.25) is 4.79 Å². The van der Waals surface area contributed by atoms with E-state index in [1.54, 1.807) is 6.07 Å². The Morgan fingerprint density at radius 2 is 2.06 bits per heavy atom. The first-order valence-electron chi connectivity index (χ1n) is 6.06. The monoisotopic (exact) mass is 260 g/mol. The van der Waals surface area contributed by atoms with E-state index < -0.39 is 0 Å². The fourth-order valence-electron chi connectivity index (χ4n) is 2.07. The zero-order chi connectivity index (χ0) is 12.7. The van der Waals surface area contributed by atoms with Gasteiger partial charge in [-0.1, -0.05) is 6.07 Å². The van der Waals surface area contributed by atoms with Crippen LogP contribution >= 0.6 is 11.3 Å². The molecule has 1 aromatic carbocycles. The second-order valence-corrected chi connectivity index (χ2v) is 5.85. The Labute approximate surface area is 109 Å². The van der Waals surface area contributed by atoms with Crippen molar-refractivity contribution in [3.63, 3.8) is 0 Å². The van der Waals surface area contributed by atoms with Gasteiger partial charge in [-0.15, -0.1) is 11.3 Å². The maximum Gasteiger partial charge on any atom is 0.175 e. The smallest absolute Gasteiger partial charge is 0.175 e. The Kier molecular flexibility index (Phi) is 2.78. The van der Waals surface area contributed by atoms with E-state index in [0.29, 0.717) is 0 Å². The number of rotatable bonds is 3. The van der Waals surface area contributed by atoms with Crippen LogP contribution in [0.25, 0.3) is 10.4 Å². The van der Waals surface area contributed by atoms with Crippen molar-refractivity contribution < 1.29 is 9.18 Å². The summed E-state index contributed by atoms with van der Waals surface area (Å²) in [5.41, 5.74) is 1.92. The van der Waals surface area contributed by atoms with Crippen LogP contribution in [-0.2, 0) is 0 Å². The number of carbonyl (C=O) groups excluding carboxylic acids is 1. The molecule has 1 aliphatic carbocycles.